The SMILES string of the molecule is CSC1CCCC(NC(=O)c2ccnc(N)c2F)C1. The summed E-state index contributed by atoms with van der Waals surface area (Å²) >= 11 is 1.82. The van der Waals surface area contributed by atoms with E-state index in [0.29, 0.717) is 5.25 Å². The van der Waals surface area contributed by atoms with E-state index in [0.717, 1.165) is 19.3 Å². The van der Waals surface area contributed by atoms with Crippen molar-refractivity contribution in [2.45, 2.75) is 37.0 Å². The monoisotopic (exact) mass is 283 g/mol. The van der Waals surface area contributed by atoms with Crippen LogP contribution in [0.1, 0.15) is 36.0 Å². The van der Waals surface area contributed by atoms with Crippen molar-refractivity contribution in [2.24, 2.45) is 0 Å². The summed E-state index contributed by atoms with van der Waals surface area (Å²) in [5.41, 5.74) is 5.34. The molecule has 3 N–H and O–H groups in total. The summed E-state index contributed by atoms with van der Waals surface area (Å²) in [4.78, 5) is 15.7. The van der Waals surface area contributed by atoms with Crippen molar-refractivity contribution >= 4 is 23.5 Å². The lowest BCUT2D eigenvalue weighted by molar-refractivity contribution is 0.0924. The molecule has 0 saturated heterocycles. The van der Waals surface area contributed by atoms with Gasteiger partial charge in [0.2, 0.25) is 0 Å². The average Bonchev–Trinajstić information content (AvgIpc) is 2.42. The molecule has 1 saturated carbocycles. The number of halogens is 1. The molecule has 0 spiro atoms. The van der Waals surface area contributed by atoms with Crippen LogP contribution in [0.15, 0.2) is 12.3 Å². The van der Waals surface area contributed by atoms with E-state index in [1.54, 1.807) is 0 Å². The van der Waals surface area contributed by atoms with Crippen LogP contribution in [-0.4, -0.2) is 28.4 Å². The molecule has 2 atom stereocenters. The Labute approximate surface area is 116 Å². The van der Waals surface area contributed by atoms with Crippen LogP contribution < -0.4 is 11.1 Å². The van der Waals surface area contributed by atoms with E-state index in [1.165, 1.54) is 18.7 Å². The zero-order chi connectivity index (χ0) is 13.8. The van der Waals surface area contributed by atoms with Crippen molar-refractivity contribution in [3.05, 3.63) is 23.6 Å². The average molecular weight is 283 g/mol. The lowest BCUT2D eigenvalue weighted by Gasteiger charge is -2.28. The smallest absolute Gasteiger partial charge is 0.254 e. The molecule has 0 aliphatic heterocycles. The van der Waals surface area contributed by atoms with Crippen LogP contribution in [0.5, 0.6) is 0 Å². The van der Waals surface area contributed by atoms with Crippen molar-refractivity contribution in [2.75, 3.05) is 12.0 Å². The fraction of sp³-hybridized carbons (Fsp3) is 0.538. The number of hydrogen-bond donors (Lipinski definition) is 2. The van der Waals surface area contributed by atoms with Gasteiger partial charge in [-0.3, -0.25) is 4.79 Å². The number of amides is 1. The summed E-state index contributed by atoms with van der Waals surface area (Å²) in [5.74, 6) is -1.38. The molecule has 1 heterocycles. The fourth-order valence-electron chi connectivity index (χ4n) is 2.39. The van der Waals surface area contributed by atoms with E-state index >= 15 is 0 Å². The third kappa shape index (κ3) is 3.37. The number of hydrogen-bond acceptors (Lipinski definition) is 4. The number of nitrogens with one attached hydrogen (secondary N) is 1. The van der Waals surface area contributed by atoms with Gasteiger partial charge in [-0.05, 0) is 31.6 Å². The predicted molar refractivity (Wildman–Crippen MR) is 75.6 cm³/mol. The van der Waals surface area contributed by atoms with E-state index in [-0.39, 0.29) is 17.4 Å². The van der Waals surface area contributed by atoms with Gasteiger partial charge in [0.1, 0.15) is 0 Å². The summed E-state index contributed by atoms with van der Waals surface area (Å²) in [6, 6.07) is 1.48. The number of nitrogen functional groups attached to an aromatic ring is 1. The molecule has 2 unspecified atom stereocenters. The van der Waals surface area contributed by atoms with Gasteiger partial charge in [0, 0.05) is 17.5 Å². The third-order valence-corrected chi connectivity index (χ3v) is 4.55. The number of nitrogens with zero attached hydrogens (tertiary/aromatic N) is 1. The van der Waals surface area contributed by atoms with Gasteiger partial charge >= 0.3 is 0 Å². The lowest BCUT2D eigenvalue weighted by atomic mass is 9.94. The number of aromatic nitrogens is 1. The normalized spacial score (nSPS) is 23.1. The molecule has 0 bridgehead atoms. The summed E-state index contributed by atoms with van der Waals surface area (Å²) in [6.07, 6.45) is 7.60. The Morgan fingerprint density at radius 3 is 3.11 bits per heavy atom. The van der Waals surface area contributed by atoms with Crippen molar-refractivity contribution in [1.82, 2.24) is 10.3 Å². The molecule has 6 heteroatoms. The zero-order valence-corrected chi connectivity index (χ0v) is 11.7. The highest BCUT2D eigenvalue weighted by molar-refractivity contribution is 7.99. The maximum atomic E-state index is 13.7. The number of nitrogens with two attached hydrogens (primary N) is 1. The van der Waals surface area contributed by atoms with Crippen LogP contribution in [-0.2, 0) is 0 Å². The van der Waals surface area contributed by atoms with Gasteiger partial charge in [-0.1, -0.05) is 6.42 Å². The second-order valence-electron chi connectivity index (χ2n) is 4.75. The summed E-state index contributed by atoms with van der Waals surface area (Å²) < 4.78 is 13.7. The highest BCUT2D eigenvalue weighted by Gasteiger charge is 2.24. The number of carbonyl (C=O) groups is 1. The Morgan fingerprint density at radius 1 is 1.58 bits per heavy atom. The second kappa shape index (κ2) is 6.23. The first-order valence-electron chi connectivity index (χ1n) is 6.35. The Balaban J connectivity index is 2.02. The molecule has 1 aliphatic rings. The molecule has 1 aromatic rings. The maximum absolute atomic E-state index is 13.7. The van der Waals surface area contributed by atoms with E-state index in [9.17, 15) is 9.18 Å². The topological polar surface area (TPSA) is 68.0 Å². The first kappa shape index (κ1) is 14.1. The molecule has 0 radical (unpaired) electrons. The minimum atomic E-state index is -0.739. The molecule has 1 aliphatic carbocycles. The van der Waals surface area contributed by atoms with E-state index in [1.807, 2.05) is 11.8 Å². The van der Waals surface area contributed by atoms with Crippen LogP contribution >= 0.6 is 11.8 Å². The molecule has 2 rings (SSSR count). The second-order valence-corrected chi connectivity index (χ2v) is 5.89. The van der Waals surface area contributed by atoms with Crippen LogP contribution in [0.3, 0.4) is 0 Å². The highest BCUT2D eigenvalue weighted by Crippen LogP contribution is 2.27. The van der Waals surface area contributed by atoms with Gasteiger partial charge in [-0.2, -0.15) is 11.8 Å². The van der Waals surface area contributed by atoms with Crippen molar-refractivity contribution in [3.8, 4) is 0 Å². The number of pyridine rings is 1. The van der Waals surface area contributed by atoms with E-state index in [4.69, 9.17) is 5.73 Å². The van der Waals surface area contributed by atoms with Gasteiger partial charge in [0.15, 0.2) is 11.6 Å². The van der Waals surface area contributed by atoms with Gasteiger partial charge in [0.25, 0.3) is 5.91 Å². The molecule has 4 nitrogen and oxygen atoms in total. The molecule has 1 aromatic heterocycles. The molecule has 1 amide bonds. The number of thioether (sulfide) groups is 1. The van der Waals surface area contributed by atoms with Gasteiger partial charge in [-0.15, -0.1) is 0 Å². The van der Waals surface area contributed by atoms with Crippen molar-refractivity contribution in [3.63, 3.8) is 0 Å². The highest BCUT2D eigenvalue weighted by atomic mass is 32.2. The summed E-state index contributed by atoms with van der Waals surface area (Å²) in [7, 11) is 0. The standard InChI is InChI=1S/C13H18FN3OS/c1-19-9-4-2-3-8(7-9)17-13(18)10-5-6-16-12(15)11(10)14/h5-6,8-9H,2-4,7H2,1H3,(H2,15,16)(H,17,18). The summed E-state index contributed by atoms with van der Waals surface area (Å²) in [5, 5.41) is 3.47. The molecule has 104 valence electrons. The maximum Gasteiger partial charge on any atom is 0.254 e. The van der Waals surface area contributed by atoms with Crippen LogP contribution in [0.2, 0.25) is 0 Å². The van der Waals surface area contributed by atoms with Crippen LogP contribution in [0, 0.1) is 5.82 Å². The lowest BCUT2D eigenvalue weighted by Crippen LogP contribution is -2.39. The molecule has 0 aromatic carbocycles. The Bertz CT molecular complexity index is 469. The van der Waals surface area contributed by atoms with Crippen molar-refractivity contribution in [1.29, 1.82) is 0 Å². The fourth-order valence-corrected chi connectivity index (χ4v) is 3.22. The first-order valence-corrected chi connectivity index (χ1v) is 7.64. The first-order chi connectivity index (χ1) is 9.11. The Hall–Kier alpha value is -1.30. The molecular weight excluding hydrogens is 265 g/mol. The predicted octanol–water partition coefficient (Wildman–Crippen LogP) is 2.21. The number of carbonyl (C=O) groups excluding carboxylic acids is 1. The Morgan fingerprint density at radius 2 is 2.37 bits per heavy atom. The zero-order valence-electron chi connectivity index (χ0n) is 10.9. The van der Waals surface area contributed by atoms with Crippen molar-refractivity contribution < 1.29 is 9.18 Å². The van der Waals surface area contributed by atoms with Gasteiger partial charge in [-0.25, -0.2) is 9.37 Å². The Kier molecular flexibility index (Phi) is 4.63. The summed E-state index contributed by atoms with van der Waals surface area (Å²) in [6.45, 7) is 0. The van der Waals surface area contributed by atoms with Crippen LogP contribution in [0.4, 0.5) is 10.2 Å². The van der Waals surface area contributed by atoms with Gasteiger partial charge < -0.3 is 11.1 Å². The minimum Gasteiger partial charge on any atom is -0.381 e. The number of anilines is 1. The van der Waals surface area contributed by atoms with Gasteiger partial charge in [0.05, 0.1) is 5.56 Å². The largest absolute Gasteiger partial charge is 0.381 e. The third-order valence-electron chi connectivity index (χ3n) is 3.46. The quantitative estimate of drug-likeness (QED) is 0.892. The van der Waals surface area contributed by atoms with E-state index < -0.39 is 11.7 Å². The number of rotatable bonds is 3. The van der Waals surface area contributed by atoms with E-state index in [2.05, 4.69) is 16.6 Å². The molecule has 1 fully saturated rings. The molecular formula is C13H18FN3OS. The minimum absolute atomic E-state index is 0.0289. The van der Waals surface area contributed by atoms with Crippen LogP contribution in [0.25, 0.3) is 0 Å². The molecule has 19 heavy (non-hydrogen) atoms.